The molecule has 2 heterocycles. The second-order valence-electron chi connectivity index (χ2n) is 9.30. The summed E-state index contributed by atoms with van der Waals surface area (Å²) in [7, 11) is 0. The zero-order valence-electron chi connectivity index (χ0n) is 18.6. The topological polar surface area (TPSA) is 79.2 Å². The van der Waals surface area contributed by atoms with Crippen LogP contribution in [0, 0.1) is 17.0 Å². The van der Waals surface area contributed by atoms with E-state index in [9.17, 15) is 14.9 Å². The summed E-state index contributed by atoms with van der Waals surface area (Å²) >= 11 is 0. The zero-order valence-corrected chi connectivity index (χ0v) is 18.6. The molecule has 3 rings (SSSR count). The Hall–Kier alpha value is -2.35. The Morgan fingerprint density at radius 1 is 1.10 bits per heavy atom. The number of carbonyl (C=O) groups excluding carboxylic acids is 1. The predicted molar refractivity (Wildman–Crippen MR) is 117 cm³/mol. The van der Waals surface area contributed by atoms with Crippen molar-refractivity contribution >= 4 is 17.5 Å². The summed E-state index contributed by atoms with van der Waals surface area (Å²) in [5, 5.41) is 11.0. The smallest absolute Gasteiger partial charge is 0.410 e. The maximum absolute atomic E-state index is 12.4. The minimum absolute atomic E-state index is 0.144. The number of hydrogen-bond acceptors (Lipinski definition) is 6. The van der Waals surface area contributed by atoms with E-state index in [2.05, 4.69) is 9.80 Å². The summed E-state index contributed by atoms with van der Waals surface area (Å²) in [6.07, 6.45) is 2.86. The molecule has 1 aromatic carbocycles. The molecule has 0 N–H and O–H groups in total. The number of nitrogens with zero attached hydrogens (tertiary/aromatic N) is 4. The summed E-state index contributed by atoms with van der Waals surface area (Å²) in [4.78, 5) is 29.7. The number of ether oxygens (including phenoxy) is 1. The minimum atomic E-state index is -0.466. The van der Waals surface area contributed by atoms with Crippen molar-refractivity contribution in [3.05, 3.63) is 33.9 Å². The molecule has 8 heteroatoms. The van der Waals surface area contributed by atoms with E-state index in [0.29, 0.717) is 12.6 Å². The number of nitro benzene ring substituents is 1. The van der Waals surface area contributed by atoms with E-state index in [1.54, 1.807) is 12.1 Å². The molecule has 0 spiro atoms. The number of rotatable bonds is 3. The lowest BCUT2D eigenvalue weighted by atomic mass is 10.0. The van der Waals surface area contributed by atoms with Crippen molar-refractivity contribution in [1.82, 2.24) is 9.80 Å². The van der Waals surface area contributed by atoms with Crippen LogP contribution >= 0.6 is 0 Å². The van der Waals surface area contributed by atoms with Gasteiger partial charge in [0.05, 0.1) is 4.92 Å². The Morgan fingerprint density at radius 3 is 2.40 bits per heavy atom. The van der Waals surface area contributed by atoms with Crippen LogP contribution in [0.3, 0.4) is 0 Å². The third-order valence-corrected chi connectivity index (χ3v) is 5.89. The average molecular weight is 419 g/mol. The fourth-order valence-corrected chi connectivity index (χ4v) is 4.39. The first-order valence-corrected chi connectivity index (χ1v) is 10.9. The molecule has 2 aliphatic rings. The molecule has 0 aliphatic carbocycles. The fourth-order valence-electron chi connectivity index (χ4n) is 4.39. The number of hydrogen-bond donors (Lipinski definition) is 0. The van der Waals surface area contributed by atoms with E-state index >= 15 is 0 Å². The molecule has 30 heavy (non-hydrogen) atoms. The van der Waals surface area contributed by atoms with Gasteiger partial charge >= 0.3 is 6.09 Å². The van der Waals surface area contributed by atoms with E-state index in [0.717, 1.165) is 63.2 Å². The van der Waals surface area contributed by atoms with Gasteiger partial charge in [0, 0.05) is 63.1 Å². The molecule has 1 amide bonds. The van der Waals surface area contributed by atoms with Crippen LogP contribution in [-0.2, 0) is 4.74 Å². The number of piperidine rings is 1. The highest BCUT2D eigenvalue weighted by Gasteiger charge is 2.29. The molecule has 0 atom stereocenters. The third kappa shape index (κ3) is 5.62. The summed E-state index contributed by atoms with van der Waals surface area (Å²) in [5.74, 6) is 0. The van der Waals surface area contributed by atoms with Crippen LogP contribution < -0.4 is 4.90 Å². The maximum atomic E-state index is 12.4. The molecule has 8 nitrogen and oxygen atoms in total. The van der Waals surface area contributed by atoms with Gasteiger partial charge in [-0.3, -0.25) is 15.0 Å². The Bertz CT molecular complexity index is 769. The molecule has 0 radical (unpaired) electrons. The van der Waals surface area contributed by atoms with Crippen LogP contribution in [0.4, 0.5) is 16.2 Å². The van der Waals surface area contributed by atoms with Crippen LogP contribution in [0.25, 0.3) is 0 Å². The number of aryl methyl sites for hydroxylation is 1. The highest BCUT2D eigenvalue weighted by Crippen LogP contribution is 2.28. The summed E-state index contributed by atoms with van der Waals surface area (Å²) in [6.45, 7) is 12.8. The second-order valence-corrected chi connectivity index (χ2v) is 9.30. The predicted octanol–water partition coefficient (Wildman–Crippen LogP) is 3.81. The van der Waals surface area contributed by atoms with E-state index in [1.165, 1.54) is 0 Å². The van der Waals surface area contributed by atoms with Gasteiger partial charge in [0.2, 0.25) is 0 Å². The summed E-state index contributed by atoms with van der Waals surface area (Å²) in [5.41, 5.74) is 1.72. The Balaban J connectivity index is 1.53. The van der Waals surface area contributed by atoms with Crippen LogP contribution in [0.5, 0.6) is 0 Å². The minimum Gasteiger partial charge on any atom is -0.444 e. The largest absolute Gasteiger partial charge is 0.444 e. The van der Waals surface area contributed by atoms with E-state index in [1.807, 2.05) is 38.7 Å². The number of benzene rings is 1. The lowest BCUT2D eigenvalue weighted by Gasteiger charge is -2.39. The normalized spacial score (nSPS) is 19.5. The first kappa shape index (κ1) is 22.3. The van der Waals surface area contributed by atoms with Crippen molar-refractivity contribution in [3.8, 4) is 0 Å². The van der Waals surface area contributed by atoms with Gasteiger partial charge in [-0.05, 0) is 58.6 Å². The molecular formula is C22H34N4O4. The van der Waals surface area contributed by atoms with Crippen LogP contribution in [0.1, 0.15) is 45.6 Å². The van der Waals surface area contributed by atoms with E-state index in [4.69, 9.17) is 4.74 Å². The average Bonchev–Trinajstić information content (AvgIpc) is 2.93. The number of carbonyl (C=O) groups is 1. The molecule has 0 aromatic heterocycles. The SMILES string of the molecule is Cc1cc([N+](=O)[O-])ccc1N1CCC(N2CCCN(C(=O)OC(C)(C)C)CC2)CC1. The standard InChI is InChI=1S/C22H34N4O4/c1-17-16-19(26(28)29)6-7-20(17)24-12-8-18(9-13-24)23-10-5-11-25(15-14-23)21(27)30-22(2,3)4/h6-7,16,18H,5,8-15H2,1-4H3. The van der Waals surface area contributed by atoms with Crippen molar-refractivity contribution < 1.29 is 14.5 Å². The number of amides is 1. The van der Waals surface area contributed by atoms with Crippen molar-refractivity contribution in [2.75, 3.05) is 44.2 Å². The third-order valence-electron chi connectivity index (χ3n) is 5.89. The Morgan fingerprint density at radius 2 is 1.80 bits per heavy atom. The van der Waals surface area contributed by atoms with Crippen molar-refractivity contribution in [1.29, 1.82) is 0 Å². The molecule has 2 fully saturated rings. The molecule has 2 aliphatic heterocycles. The number of non-ortho nitro benzene ring substituents is 1. The quantitative estimate of drug-likeness (QED) is 0.549. The molecule has 0 unspecified atom stereocenters. The molecule has 1 aromatic rings. The van der Waals surface area contributed by atoms with Gasteiger partial charge in [0.15, 0.2) is 0 Å². The van der Waals surface area contributed by atoms with Gasteiger partial charge in [-0.2, -0.15) is 0 Å². The maximum Gasteiger partial charge on any atom is 0.410 e. The van der Waals surface area contributed by atoms with Gasteiger partial charge in [-0.15, -0.1) is 0 Å². The molecule has 2 saturated heterocycles. The highest BCUT2D eigenvalue weighted by molar-refractivity contribution is 5.68. The summed E-state index contributed by atoms with van der Waals surface area (Å²) < 4.78 is 5.53. The van der Waals surface area contributed by atoms with E-state index < -0.39 is 5.60 Å². The van der Waals surface area contributed by atoms with Gasteiger partial charge in [-0.25, -0.2) is 4.79 Å². The number of nitro groups is 1. The first-order valence-electron chi connectivity index (χ1n) is 10.9. The lowest BCUT2D eigenvalue weighted by molar-refractivity contribution is -0.384. The Labute approximate surface area is 178 Å². The molecule has 0 saturated carbocycles. The van der Waals surface area contributed by atoms with E-state index in [-0.39, 0.29) is 16.7 Å². The molecule has 0 bridgehead atoms. The summed E-state index contributed by atoms with van der Waals surface area (Å²) in [6, 6.07) is 5.63. The van der Waals surface area contributed by atoms with Crippen LogP contribution in [0.2, 0.25) is 0 Å². The second kappa shape index (κ2) is 9.20. The first-order chi connectivity index (χ1) is 14.1. The van der Waals surface area contributed by atoms with Gasteiger partial charge in [-0.1, -0.05) is 0 Å². The highest BCUT2D eigenvalue weighted by atomic mass is 16.6. The van der Waals surface area contributed by atoms with Crippen molar-refractivity contribution in [3.63, 3.8) is 0 Å². The monoisotopic (exact) mass is 418 g/mol. The van der Waals surface area contributed by atoms with Gasteiger partial charge in [0.25, 0.3) is 5.69 Å². The van der Waals surface area contributed by atoms with Gasteiger partial charge < -0.3 is 14.5 Å². The fraction of sp³-hybridized carbons (Fsp3) is 0.682. The number of anilines is 1. The van der Waals surface area contributed by atoms with Crippen LogP contribution in [0.15, 0.2) is 18.2 Å². The van der Waals surface area contributed by atoms with Crippen LogP contribution in [-0.4, -0.2) is 71.7 Å². The van der Waals surface area contributed by atoms with Gasteiger partial charge in [0.1, 0.15) is 5.60 Å². The molecule has 166 valence electrons. The zero-order chi connectivity index (χ0) is 21.9. The molecular weight excluding hydrogens is 384 g/mol. The lowest BCUT2D eigenvalue weighted by Crippen LogP contribution is -2.46. The van der Waals surface area contributed by atoms with Crippen molar-refractivity contribution in [2.45, 2.75) is 58.6 Å². The van der Waals surface area contributed by atoms with Crippen molar-refractivity contribution in [2.24, 2.45) is 0 Å². The Kier molecular flexibility index (Phi) is 6.85.